The van der Waals surface area contributed by atoms with Gasteiger partial charge < -0.3 is 9.47 Å². The Morgan fingerprint density at radius 3 is 2.76 bits per heavy atom. The van der Waals surface area contributed by atoms with Crippen LogP contribution in [0.2, 0.25) is 0 Å². The number of carbonyl (C=O) groups is 1. The number of nitrogens with zero attached hydrogens (tertiary/aromatic N) is 6. The lowest BCUT2D eigenvalue weighted by Crippen LogP contribution is -2.43. The molecule has 0 bridgehead atoms. The zero-order valence-electron chi connectivity index (χ0n) is 17.8. The molecule has 1 saturated heterocycles. The summed E-state index contributed by atoms with van der Waals surface area (Å²) < 4.78 is 3.78. The summed E-state index contributed by atoms with van der Waals surface area (Å²) in [5.41, 5.74) is 3.53. The van der Waals surface area contributed by atoms with E-state index in [1.807, 2.05) is 50.2 Å². The lowest BCUT2D eigenvalue weighted by atomic mass is 10.2. The highest BCUT2D eigenvalue weighted by molar-refractivity contribution is 5.92. The highest BCUT2D eigenvalue weighted by Gasteiger charge is 2.29. The van der Waals surface area contributed by atoms with E-state index in [0.717, 1.165) is 42.1 Å². The molecule has 1 fully saturated rings. The van der Waals surface area contributed by atoms with E-state index in [-0.39, 0.29) is 5.91 Å². The van der Waals surface area contributed by atoms with Crippen LogP contribution in [0.4, 0.5) is 0 Å². The Kier molecular flexibility index (Phi) is 5.41. The van der Waals surface area contributed by atoms with Crippen molar-refractivity contribution in [2.75, 3.05) is 19.6 Å². The first-order valence-corrected chi connectivity index (χ1v) is 10.4. The number of para-hydroxylation sites is 2. The van der Waals surface area contributed by atoms with Gasteiger partial charge in [0.15, 0.2) is 0 Å². The van der Waals surface area contributed by atoms with Crippen LogP contribution in [-0.4, -0.2) is 60.7 Å². The van der Waals surface area contributed by atoms with Crippen molar-refractivity contribution in [3.63, 3.8) is 0 Å². The Bertz CT molecular complexity index is 1020. The van der Waals surface area contributed by atoms with Crippen molar-refractivity contribution in [2.24, 2.45) is 14.1 Å². The van der Waals surface area contributed by atoms with Gasteiger partial charge in [-0.1, -0.05) is 19.1 Å². The first kappa shape index (κ1) is 19.6. The molecule has 0 spiro atoms. The second kappa shape index (κ2) is 7.99. The van der Waals surface area contributed by atoms with E-state index in [2.05, 4.69) is 27.6 Å². The fourth-order valence-electron chi connectivity index (χ4n) is 4.47. The minimum Gasteiger partial charge on any atom is -0.330 e. The van der Waals surface area contributed by atoms with Crippen molar-refractivity contribution >= 4 is 16.9 Å². The average Bonchev–Trinajstić information content (AvgIpc) is 3.39. The van der Waals surface area contributed by atoms with Crippen LogP contribution in [0.1, 0.15) is 41.8 Å². The van der Waals surface area contributed by atoms with Gasteiger partial charge in [0, 0.05) is 26.7 Å². The fourth-order valence-corrected chi connectivity index (χ4v) is 4.47. The van der Waals surface area contributed by atoms with Crippen molar-refractivity contribution in [1.29, 1.82) is 0 Å². The molecule has 1 aliphatic rings. The van der Waals surface area contributed by atoms with Crippen molar-refractivity contribution in [3.8, 4) is 0 Å². The number of benzene rings is 1. The quantitative estimate of drug-likeness (QED) is 0.645. The molecule has 1 amide bonds. The second-order valence-electron chi connectivity index (χ2n) is 7.98. The molecule has 4 rings (SSSR count). The summed E-state index contributed by atoms with van der Waals surface area (Å²) in [5.74, 6) is 0.919. The van der Waals surface area contributed by atoms with Gasteiger partial charge in [-0.3, -0.25) is 14.4 Å². The van der Waals surface area contributed by atoms with Crippen LogP contribution in [0.25, 0.3) is 11.0 Å². The summed E-state index contributed by atoms with van der Waals surface area (Å²) in [4.78, 5) is 22.7. The van der Waals surface area contributed by atoms with Gasteiger partial charge in [0.25, 0.3) is 5.91 Å². The normalized spacial score (nSPS) is 17.3. The summed E-state index contributed by atoms with van der Waals surface area (Å²) in [6, 6.07) is 10.4. The molecule has 1 aliphatic heterocycles. The fraction of sp³-hybridized carbons (Fsp3) is 0.500. The number of imidazole rings is 1. The number of likely N-dealkylation sites (N-methyl/N-ethyl adjacent to an activating group) is 1. The third kappa shape index (κ3) is 3.79. The van der Waals surface area contributed by atoms with E-state index in [1.165, 1.54) is 6.42 Å². The topological polar surface area (TPSA) is 59.2 Å². The van der Waals surface area contributed by atoms with E-state index in [9.17, 15) is 4.79 Å². The molecule has 2 aromatic heterocycles. The summed E-state index contributed by atoms with van der Waals surface area (Å²) in [5, 5.41) is 4.37. The monoisotopic (exact) mass is 394 g/mol. The van der Waals surface area contributed by atoms with Crippen LogP contribution < -0.4 is 0 Å². The van der Waals surface area contributed by atoms with Gasteiger partial charge in [0.05, 0.1) is 23.3 Å². The van der Waals surface area contributed by atoms with Gasteiger partial charge in [-0.2, -0.15) is 5.10 Å². The first-order valence-electron chi connectivity index (χ1n) is 10.4. The van der Waals surface area contributed by atoms with Gasteiger partial charge >= 0.3 is 0 Å². The molecule has 0 aliphatic carbocycles. The number of carbonyl (C=O) groups excluding carboxylic acids is 1. The lowest BCUT2D eigenvalue weighted by Gasteiger charge is -2.30. The first-order chi connectivity index (χ1) is 14.0. The standard InChI is InChI=1S/C22H30N6O/c1-5-27-12-8-9-17(27)14-28(22(29)20-13-16(2)24-26(20)4)15-21-23-18-10-6-7-11-19(18)25(21)3/h6-7,10-11,13,17H,5,8-9,12,14-15H2,1-4H3/t17-/m0/s1. The molecule has 154 valence electrons. The maximum atomic E-state index is 13.5. The third-order valence-electron chi connectivity index (χ3n) is 6.06. The van der Waals surface area contributed by atoms with E-state index in [0.29, 0.717) is 24.8 Å². The number of fused-ring (bicyclic) bond motifs is 1. The van der Waals surface area contributed by atoms with Crippen molar-refractivity contribution in [1.82, 2.24) is 29.1 Å². The van der Waals surface area contributed by atoms with Crippen LogP contribution in [-0.2, 0) is 20.6 Å². The summed E-state index contributed by atoms with van der Waals surface area (Å²) in [6.07, 6.45) is 2.32. The van der Waals surface area contributed by atoms with Crippen LogP contribution in [0.15, 0.2) is 30.3 Å². The highest BCUT2D eigenvalue weighted by Crippen LogP contribution is 2.21. The van der Waals surface area contributed by atoms with Gasteiger partial charge in [0.2, 0.25) is 0 Å². The molecular formula is C22H30N6O. The van der Waals surface area contributed by atoms with Gasteiger partial charge in [-0.25, -0.2) is 4.98 Å². The zero-order chi connectivity index (χ0) is 20.5. The Balaban J connectivity index is 1.66. The molecule has 0 saturated carbocycles. The molecule has 0 unspecified atom stereocenters. The molecular weight excluding hydrogens is 364 g/mol. The number of aromatic nitrogens is 4. The molecule has 1 atom stereocenters. The van der Waals surface area contributed by atoms with E-state index >= 15 is 0 Å². The van der Waals surface area contributed by atoms with Gasteiger partial charge in [0.1, 0.15) is 11.5 Å². The summed E-state index contributed by atoms with van der Waals surface area (Å²) in [7, 11) is 3.86. The highest BCUT2D eigenvalue weighted by atomic mass is 16.2. The van der Waals surface area contributed by atoms with E-state index < -0.39 is 0 Å². The van der Waals surface area contributed by atoms with Crippen LogP contribution in [0.3, 0.4) is 0 Å². The van der Waals surface area contributed by atoms with Crippen molar-refractivity contribution < 1.29 is 4.79 Å². The number of rotatable bonds is 6. The summed E-state index contributed by atoms with van der Waals surface area (Å²) >= 11 is 0. The predicted octanol–water partition coefficient (Wildman–Crippen LogP) is 2.74. The molecule has 0 N–H and O–H groups in total. The smallest absolute Gasteiger partial charge is 0.272 e. The largest absolute Gasteiger partial charge is 0.330 e. The summed E-state index contributed by atoms with van der Waals surface area (Å²) in [6.45, 7) is 7.44. The van der Waals surface area contributed by atoms with Crippen LogP contribution in [0.5, 0.6) is 0 Å². The third-order valence-corrected chi connectivity index (χ3v) is 6.06. The Morgan fingerprint density at radius 1 is 1.28 bits per heavy atom. The molecule has 29 heavy (non-hydrogen) atoms. The molecule has 3 aromatic rings. The molecule has 1 aromatic carbocycles. The minimum atomic E-state index is 0.0168. The second-order valence-corrected chi connectivity index (χ2v) is 7.98. The van der Waals surface area contributed by atoms with Crippen LogP contribution in [0, 0.1) is 6.92 Å². The Morgan fingerprint density at radius 2 is 2.07 bits per heavy atom. The molecule has 3 heterocycles. The molecule has 7 nitrogen and oxygen atoms in total. The number of hydrogen-bond acceptors (Lipinski definition) is 4. The van der Waals surface area contributed by atoms with Crippen molar-refractivity contribution in [3.05, 3.63) is 47.5 Å². The predicted molar refractivity (Wildman–Crippen MR) is 114 cm³/mol. The number of likely N-dealkylation sites (tertiary alicyclic amines) is 1. The zero-order valence-corrected chi connectivity index (χ0v) is 17.8. The lowest BCUT2D eigenvalue weighted by molar-refractivity contribution is 0.0674. The Hall–Kier alpha value is -2.67. The Labute approximate surface area is 171 Å². The van der Waals surface area contributed by atoms with Crippen molar-refractivity contribution in [2.45, 2.75) is 39.3 Å². The van der Waals surface area contributed by atoms with Crippen LogP contribution >= 0.6 is 0 Å². The molecule has 0 radical (unpaired) electrons. The number of amides is 1. The number of aryl methyl sites for hydroxylation is 3. The van der Waals surface area contributed by atoms with E-state index in [1.54, 1.807) is 4.68 Å². The van der Waals surface area contributed by atoms with Gasteiger partial charge in [-0.05, 0) is 51.1 Å². The van der Waals surface area contributed by atoms with E-state index in [4.69, 9.17) is 4.98 Å². The maximum absolute atomic E-state index is 13.5. The maximum Gasteiger partial charge on any atom is 0.272 e. The average molecular weight is 395 g/mol. The SMILES string of the molecule is CCN1CCC[C@H]1CN(Cc1nc2ccccc2n1C)C(=O)c1cc(C)nn1C. The number of hydrogen-bond donors (Lipinski definition) is 0. The minimum absolute atomic E-state index is 0.0168. The van der Waals surface area contributed by atoms with Gasteiger partial charge in [-0.15, -0.1) is 0 Å². The molecule has 7 heteroatoms.